The summed E-state index contributed by atoms with van der Waals surface area (Å²) < 4.78 is 26.6. The van der Waals surface area contributed by atoms with E-state index in [9.17, 15) is 13.2 Å². The van der Waals surface area contributed by atoms with Gasteiger partial charge in [0.2, 0.25) is 0 Å². The van der Waals surface area contributed by atoms with E-state index in [1.165, 1.54) is 11.2 Å². The quantitative estimate of drug-likeness (QED) is 0.789. The SMILES string of the molecule is CC(C)n1cc(Br)cc1C(=O)N1CCSCC1S(C)(=O)=O. The molecule has 8 heteroatoms. The second kappa shape index (κ2) is 6.34. The predicted octanol–water partition coefficient (Wildman–Crippen LogP) is 2.39. The molecule has 1 aliphatic heterocycles. The normalized spacial score (nSPS) is 20.0. The van der Waals surface area contributed by atoms with Crippen LogP contribution in [0.3, 0.4) is 0 Å². The summed E-state index contributed by atoms with van der Waals surface area (Å²) in [6.07, 6.45) is 3.05. The predicted molar refractivity (Wildman–Crippen MR) is 89.5 cm³/mol. The molecule has 5 nitrogen and oxygen atoms in total. The third-order valence-electron chi connectivity index (χ3n) is 3.43. The first-order valence-corrected chi connectivity index (χ1v) is 10.6. The Morgan fingerprint density at radius 3 is 2.71 bits per heavy atom. The molecular weight excluding hydrogens is 376 g/mol. The van der Waals surface area contributed by atoms with Crippen LogP contribution in [0.15, 0.2) is 16.7 Å². The van der Waals surface area contributed by atoms with Crippen LogP contribution < -0.4 is 0 Å². The monoisotopic (exact) mass is 394 g/mol. The fraction of sp³-hybridized carbons (Fsp3) is 0.615. The molecule has 1 aromatic rings. The van der Waals surface area contributed by atoms with Crippen molar-refractivity contribution in [2.24, 2.45) is 0 Å². The van der Waals surface area contributed by atoms with Gasteiger partial charge in [0.1, 0.15) is 11.1 Å². The molecule has 118 valence electrons. The highest BCUT2D eigenvalue weighted by Crippen LogP contribution is 2.25. The molecule has 0 spiro atoms. The Labute approximate surface area is 138 Å². The van der Waals surface area contributed by atoms with Crippen molar-refractivity contribution in [2.75, 3.05) is 24.3 Å². The molecule has 2 heterocycles. The molecule has 0 N–H and O–H groups in total. The number of halogens is 1. The van der Waals surface area contributed by atoms with Gasteiger partial charge in [0.05, 0.1) is 0 Å². The molecule has 1 fully saturated rings. The minimum atomic E-state index is -3.29. The number of rotatable bonds is 3. The van der Waals surface area contributed by atoms with E-state index in [2.05, 4.69) is 15.9 Å². The molecule has 0 aliphatic carbocycles. The molecule has 0 saturated carbocycles. The molecule has 0 radical (unpaired) electrons. The number of carbonyl (C=O) groups is 1. The number of amides is 1. The summed E-state index contributed by atoms with van der Waals surface area (Å²) in [6, 6.07) is 1.88. The summed E-state index contributed by atoms with van der Waals surface area (Å²) in [5, 5.41) is -0.738. The van der Waals surface area contributed by atoms with Crippen LogP contribution in [-0.4, -0.2) is 53.5 Å². The summed E-state index contributed by atoms with van der Waals surface area (Å²) in [5.41, 5.74) is 0.525. The summed E-state index contributed by atoms with van der Waals surface area (Å²) in [5.74, 6) is 0.986. The van der Waals surface area contributed by atoms with Gasteiger partial charge in [0.15, 0.2) is 9.84 Å². The van der Waals surface area contributed by atoms with E-state index >= 15 is 0 Å². The van der Waals surface area contributed by atoms with Crippen LogP contribution in [0.5, 0.6) is 0 Å². The van der Waals surface area contributed by atoms with Crippen molar-refractivity contribution in [3.05, 3.63) is 22.4 Å². The third kappa shape index (κ3) is 3.65. The maximum absolute atomic E-state index is 12.8. The minimum absolute atomic E-state index is 0.131. The highest BCUT2D eigenvalue weighted by Gasteiger charge is 2.35. The van der Waals surface area contributed by atoms with Crippen molar-refractivity contribution in [2.45, 2.75) is 25.3 Å². The van der Waals surface area contributed by atoms with Gasteiger partial charge in [-0.25, -0.2) is 8.42 Å². The van der Waals surface area contributed by atoms with E-state index in [0.717, 1.165) is 10.2 Å². The zero-order valence-corrected chi connectivity index (χ0v) is 15.5. The lowest BCUT2D eigenvalue weighted by Gasteiger charge is -2.34. The number of hydrogen-bond acceptors (Lipinski definition) is 4. The first-order valence-electron chi connectivity index (χ1n) is 6.66. The summed E-state index contributed by atoms with van der Waals surface area (Å²) in [4.78, 5) is 14.3. The Balaban J connectivity index is 2.38. The zero-order chi connectivity index (χ0) is 15.8. The second-order valence-electron chi connectivity index (χ2n) is 5.40. The van der Waals surface area contributed by atoms with Gasteiger partial charge in [0, 0.05) is 41.0 Å². The van der Waals surface area contributed by atoms with Crippen molar-refractivity contribution in [1.82, 2.24) is 9.47 Å². The highest BCUT2D eigenvalue weighted by atomic mass is 79.9. The second-order valence-corrected chi connectivity index (χ2v) is 9.67. The van der Waals surface area contributed by atoms with Crippen LogP contribution >= 0.6 is 27.7 Å². The van der Waals surface area contributed by atoms with Gasteiger partial charge in [-0.1, -0.05) is 0 Å². The molecule has 1 amide bonds. The van der Waals surface area contributed by atoms with Gasteiger partial charge in [-0.15, -0.1) is 0 Å². The Kier molecular flexibility index (Phi) is 5.10. The average Bonchev–Trinajstić information content (AvgIpc) is 2.79. The lowest BCUT2D eigenvalue weighted by Crippen LogP contribution is -2.50. The van der Waals surface area contributed by atoms with Gasteiger partial charge in [-0.2, -0.15) is 11.8 Å². The van der Waals surface area contributed by atoms with Crippen LogP contribution in [0.1, 0.15) is 30.4 Å². The highest BCUT2D eigenvalue weighted by molar-refractivity contribution is 9.10. The van der Waals surface area contributed by atoms with E-state index in [1.54, 1.807) is 17.8 Å². The Bertz CT molecular complexity index is 640. The fourth-order valence-electron chi connectivity index (χ4n) is 2.36. The Morgan fingerprint density at radius 1 is 1.48 bits per heavy atom. The van der Waals surface area contributed by atoms with Crippen LogP contribution in [-0.2, 0) is 9.84 Å². The van der Waals surface area contributed by atoms with Crippen molar-refractivity contribution in [3.8, 4) is 0 Å². The number of hydrogen-bond donors (Lipinski definition) is 0. The smallest absolute Gasteiger partial charge is 0.271 e. The van der Waals surface area contributed by atoms with E-state index < -0.39 is 15.2 Å². The van der Waals surface area contributed by atoms with E-state index in [-0.39, 0.29) is 11.9 Å². The first-order chi connectivity index (χ1) is 9.71. The maximum atomic E-state index is 12.8. The molecule has 1 aliphatic rings. The fourth-order valence-corrected chi connectivity index (χ4v) is 5.61. The molecule has 0 aromatic carbocycles. The van der Waals surface area contributed by atoms with E-state index in [1.807, 2.05) is 24.6 Å². The topological polar surface area (TPSA) is 59.4 Å². The molecule has 2 rings (SSSR count). The first kappa shape index (κ1) is 16.9. The molecule has 1 unspecified atom stereocenters. The molecule has 1 saturated heterocycles. The van der Waals surface area contributed by atoms with Crippen LogP contribution in [0.2, 0.25) is 0 Å². The molecule has 1 aromatic heterocycles. The number of nitrogens with zero attached hydrogens (tertiary/aromatic N) is 2. The minimum Gasteiger partial charge on any atom is -0.340 e. The molecule has 21 heavy (non-hydrogen) atoms. The largest absolute Gasteiger partial charge is 0.340 e. The van der Waals surface area contributed by atoms with Gasteiger partial charge in [0.25, 0.3) is 5.91 Å². The number of sulfone groups is 1. The summed E-state index contributed by atoms with van der Waals surface area (Å²) in [6.45, 7) is 4.44. The number of thioether (sulfide) groups is 1. The van der Waals surface area contributed by atoms with Crippen molar-refractivity contribution in [3.63, 3.8) is 0 Å². The van der Waals surface area contributed by atoms with Crippen LogP contribution in [0.25, 0.3) is 0 Å². The molecule has 0 bridgehead atoms. The average molecular weight is 395 g/mol. The van der Waals surface area contributed by atoms with Crippen molar-refractivity contribution in [1.29, 1.82) is 0 Å². The lowest BCUT2D eigenvalue weighted by molar-refractivity contribution is 0.0737. The lowest BCUT2D eigenvalue weighted by atomic mass is 10.3. The van der Waals surface area contributed by atoms with Gasteiger partial charge in [-0.05, 0) is 35.8 Å². The van der Waals surface area contributed by atoms with Gasteiger partial charge in [-0.3, -0.25) is 4.79 Å². The van der Waals surface area contributed by atoms with Crippen molar-refractivity contribution < 1.29 is 13.2 Å². The molecular formula is C13H19BrN2O3S2. The Hall–Kier alpha value is -0.470. The standard InChI is InChI=1S/C13H19BrN2O3S2/c1-9(2)16-7-10(14)6-11(16)13(17)15-4-5-20-8-12(15)21(3,18)19/h6-7,9,12H,4-5,8H2,1-3H3. The molecule has 1 atom stereocenters. The van der Waals surface area contributed by atoms with Crippen LogP contribution in [0, 0.1) is 0 Å². The van der Waals surface area contributed by atoms with Crippen molar-refractivity contribution >= 4 is 43.4 Å². The van der Waals surface area contributed by atoms with Gasteiger partial charge >= 0.3 is 0 Å². The third-order valence-corrected chi connectivity index (χ3v) is 6.51. The maximum Gasteiger partial charge on any atom is 0.271 e. The van der Waals surface area contributed by atoms with E-state index in [0.29, 0.717) is 18.0 Å². The van der Waals surface area contributed by atoms with Crippen LogP contribution in [0.4, 0.5) is 0 Å². The Morgan fingerprint density at radius 2 is 2.14 bits per heavy atom. The zero-order valence-electron chi connectivity index (χ0n) is 12.2. The summed E-state index contributed by atoms with van der Waals surface area (Å²) >= 11 is 4.96. The van der Waals surface area contributed by atoms with E-state index in [4.69, 9.17) is 0 Å². The van der Waals surface area contributed by atoms with Gasteiger partial charge < -0.3 is 9.47 Å². The number of aromatic nitrogens is 1. The summed E-state index contributed by atoms with van der Waals surface area (Å²) in [7, 11) is -3.29. The number of carbonyl (C=O) groups excluding carboxylic acids is 1.